The monoisotopic (exact) mass is 451 g/mol. The van der Waals surface area contributed by atoms with E-state index in [1.54, 1.807) is 12.3 Å². The first-order chi connectivity index (χ1) is 16.5. The summed E-state index contributed by atoms with van der Waals surface area (Å²) in [7, 11) is 0. The van der Waals surface area contributed by atoms with E-state index < -0.39 is 5.97 Å². The molecular weight excluding hydrogens is 426 g/mol. The van der Waals surface area contributed by atoms with Crippen molar-refractivity contribution in [2.45, 2.75) is 33.3 Å². The van der Waals surface area contributed by atoms with E-state index in [1.165, 1.54) is 0 Å². The molecule has 1 atom stereocenters. The Balaban J connectivity index is 1.71. The van der Waals surface area contributed by atoms with Crippen LogP contribution in [0.1, 0.15) is 47.0 Å². The van der Waals surface area contributed by atoms with Gasteiger partial charge < -0.3 is 14.3 Å². The lowest BCUT2D eigenvalue weighted by Gasteiger charge is -2.19. The summed E-state index contributed by atoms with van der Waals surface area (Å²) in [5, 5.41) is 11.6. The molecular formula is C29H25NO4. The summed E-state index contributed by atoms with van der Waals surface area (Å²) in [5.74, 6) is -0.516. The number of aromatic nitrogens is 1. The molecule has 0 bridgehead atoms. The fourth-order valence-electron chi connectivity index (χ4n) is 4.41. The van der Waals surface area contributed by atoms with Crippen LogP contribution in [-0.4, -0.2) is 16.1 Å². The number of pyridine rings is 1. The topological polar surface area (TPSA) is 72.6 Å². The van der Waals surface area contributed by atoms with E-state index >= 15 is 0 Å². The maximum atomic E-state index is 12.4. The highest BCUT2D eigenvalue weighted by molar-refractivity contribution is 6.08. The summed E-state index contributed by atoms with van der Waals surface area (Å²) in [4.78, 5) is 17.4. The van der Waals surface area contributed by atoms with Gasteiger partial charge >= 0.3 is 5.97 Å². The van der Waals surface area contributed by atoms with Crippen molar-refractivity contribution in [3.63, 3.8) is 0 Å². The molecule has 5 nitrogen and oxygen atoms in total. The molecule has 2 heterocycles. The van der Waals surface area contributed by atoms with Crippen LogP contribution in [0, 0.1) is 6.92 Å². The molecule has 1 N–H and O–H groups in total. The number of nitrogens with zero attached hydrogens (tertiary/aromatic N) is 1. The van der Waals surface area contributed by atoms with Crippen LogP contribution in [0.25, 0.3) is 33.1 Å². The Morgan fingerprint density at radius 3 is 2.68 bits per heavy atom. The van der Waals surface area contributed by atoms with Crippen molar-refractivity contribution in [3.05, 3.63) is 95.2 Å². The largest absolute Gasteiger partial charge is 0.485 e. The highest BCUT2D eigenvalue weighted by atomic mass is 16.5. The first kappa shape index (κ1) is 21.7. The molecule has 0 aliphatic heterocycles. The molecule has 2 aromatic heterocycles. The molecule has 0 saturated heterocycles. The van der Waals surface area contributed by atoms with Crippen molar-refractivity contribution >= 4 is 27.8 Å². The second-order valence-electron chi connectivity index (χ2n) is 8.48. The normalized spacial score (nSPS) is 12.2. The molecule has 1 unspecified atom stereocenters. The zero-order valence-electron chi connectivity index (χ0n) is 19.3. The molecule has 0 aliphatic carbocycles. The van der Waals surface area contributed by atoms with Crippen molar-refractivity contribution < 1.29 is 19.1 Å². The molecule has 34 heavy (non-hydrogen) atoms. The van der Waals surface area contributed by atoms with E-state index in [2.05, 4.69) is 6.07 Å². The van der Waals surface area contributed by atoms with Crippen molar-refractivity contribution in [1.29, 1.82) is 0 Å². The van der Waals surface area contributed by atoms with Gasteiger partial charge in [0.2, 0.25) is 0 Å². The third-order valence-electron chi connectivity index (χ3n) is 6.19. The van der Waals surface area contributed by atoms with Gasteiger partial charge in [0.25, 0.3) is 0 Å². The standard InChI is InChI=1S/C29H25NO4/c1-4-19-12-13-26(34-18(3)20-9-7-8-17(2)14-20)27-22(29(31)32)15-24(30-28(19)27)23-16-33-25-11-6-5-10-21(23)25/h5-16,18H,4H2,1-3H3,(H,31,32). The minimum absolute atomic E-state index is 0.159. The molecule has 0 saturated carbocycles. The predicted octanol–water partition coefficient (Wildman–Crippen LogP) is 7.36. The smallest absolute Gasteiger partial charge is 0.336 e. The Kier molecular flexibility index (Phi) is 5.54. The summed E-state index contributed by atoms with van der Waals surface area (Å²) in [6, 6.07) is 21.2. The van der Waals surface area contributed by atoms with Gasteiger partial charge in [0, 0.05) is 10.9 Å². The lowest BCUT2D eigenvalue weighted by molar-refractivity contribution is 0.0698. The SMILES string of the molecule is CCc1ccc(OC(C)c2cccc(C)c2)c2c(C(=O)O)cc(-c3coc4ccccc34)nc12. The quantitative estimate of drug-likeness (QED) is 0.292. The number of aryl methyl sites for hydroxylation is 2. The van der Waals surface area contributed by atoms with Crippen LogP contribution in [0.3, 0.4) is 0 Å². The van der Waals surface area contributed by atoms with Crippen molar-refractivity contribution in [2.75, 3.05) is 0 Å². The van der Waals surface area contributed by atoms with Crippen LogP contribution in [0.5, 0.6) is 5.75 Å². The van der Waals surface area contributed by atoms with Crippen LogP contribution < -0.4 is 4.74 Å². The minimum atomic E-state index is -1.03. The minimum Gasteiger partial charge on any atom is -0.485 e. The van der Waals surface area contributed by atoms with Crippen LogP contribution in [0.15, 0.2) is 77.4 Å². The molecule has 0 amide bonds. The van der Waals surface area contributed by atoms with E-state index in [1.807, 2.05) is 75.4 Å². The predicted molar refractivity (Wildman–Crippen MR) is 134 cm³/mol. The number of ether oxygens (including phenoxy) is 1. The molecule has 0 fully saturated rings. The van der Waals surface area contributed by atoms with Crippen LogP contribution in [0.4, 0.5) is 0 Å². The van der Waals surface area contributed by atoms with Gasteiger partial charge in [-0.25, -0.2) is 9.78 Å². The number of hydrogen-bond donors (Lipinski definition) is 1. The zero-order valence-corrected chi connectivity index (χ0v) is 19.3. The fraction of sp³-hybridized carbons (Fsp3) is 0.172. The van der Waals surface area contributed by atoms with E-state index in [9.17, 15) is 9.90 Å². The number of fused-ring (bicyclic) bond motifs is 2. The van der Waals surface area contributed by atoms with Gasteiger partial charge in [-0.2, -0.15) is 0 Å². The lowest BCUT2D eigenvalue weighted by Crippen LogP contribution is -2.07. The van der Waals surface area contributed by atoms with E-state index in [0.717, 1.165) is 33.2 Å². The van der Waals surface area contributed by atoms with Crippen molar-refractivity contribution in [3.8, 4) is 17.0 Å². The highest BCUT2D eigenvalue weighted by Gasteiger charge is 2.22. The van der Waals surface area contributed by atoms with Crippen LogP contribution in [-0.2, 0) is 6.42 Å². The molecule has 5 heteroatoms. The van der Waals surface area contributed by atoms with Gasteiger partial charge in [-0.15, -0.1) is 0 Å². The Bertz CT molecular complexity index is 1530. The van der Waals surface area contributed by atoms with Crippen molar-refractivity contribution in [2.24, 2.45) is 0 Å². The molecule has 0 radical (unpaired) electrons. The lowest BCUT2D eigenvalue weighted by atomic mass is 9.99. The van der Waals surface area contributed by atoms with Gasteiger partial charge in [0.05, 0.1) is 22.2 Å². The Morgan fingerprint density at radius 1 is 1.09 bits per heavy atom. The second kappa shape index (κ2) is 8.67. The molecule has 0 spiro atoms. The number of aromatic carboxylic acids is 1. The van der Waals surface area contributed by atoms with E-state index in [0.29, 0.717) is 28.8 Å². The van der Waals surface area contributed by atoms with E-state index in [-0.39, 0.29) is 11.7 Å². The number of carbonyl (C=O) groups is 1. The van der Waals surface area contributed by atoms with Crippen LogP contribution >= 0.6 is 0 Å². The van der Waals surface area contributed by atoms with Gasteiger partial charge in [0.1, 0.15) is 23.7 Å². The Hall–Kier alpha value is -4.12. The number of carboxylic acid groups (broad SMARTS) is 1. The number of hydrogen-bond acceptors (Lipinski definition) is 4. The van der Waals surface area contributed by atoms with Gasteiger partial charge in [-0.05, 0) is 49.6 Å². The third kappa shape index (κ3) is 3.79. The maximum Gasteiger partial charge on any atom is 0.336 e. The number of rotatable bonds is 6. The summed E-state index contributed by atoms with van der Waals surface area (Å²) in [6.45, 7) is 6.04. The number of carboxylic acids is 1. The van der Waals surface area contributed by atoms with Crippen LogP contribution in [0.2, 0.25) is 0 Å². The summed E-state index contributed by atoms with van der Waals surface area (Å²) in [6.07, 6.45) is 2.09. The van der Waals surface area contributed by atoms with Gasteiger partial charge in [-0.1, -0.05) is 61.0 Å². The molecule has 5 aromatic rings. The number of benzene rings is 3. The van der Waals surface area contributed by atoms with E-state index in [4.69, 9.17) is 14.1 Å². The third-order valence-corrected chi connectivity index (χ3v) is 6.19. The number of furan rings is 1. The fourth-order valence-corrected chi connectivity index (χ4v) is 4.41. The average molecular weight is 452 g/mol. The molecule has 5 rings (SSSR count). The Labute approximate surface area is 197 Å². The first-order valence-electron chi connectivity index (χ1n) is 11.4. The van der Waals surface area contributed by atoms with Crippen molar-refractivity contribution in [1.82, 2.24) is 4.98 Å². The molecule has 3 aromatic carbocycles. The summed E-state index contributed by atoms with van der Waals surface area (Å²) in [5.41, 5.74) is 5.99. The molecule has 170 valence electrons. The van der Waals surface area contributed by atoms with Gasteiger partial charge in [-0.3, -0.25) is 0 Å². The zero-order chi connectivity index (χ0) is 23.8. The maximum absolute atomic E-state index is 12.4. The summed E-state index contributed by atoms with van der Waals surface area (Å²) >= 11 is 0. The highest BCUT2D eigenvalue weighted by Crippen LogP contribution is 2.38. The first-order valence-corrected chi connectivity index (χ1v) is 11.4. The average Bonchev–Trinajstić information content (AvgIpc) is 3.27. The van der Waals surface area contributed by atoms with Gasteiger partial charge in [0.15, 0.2) is 0 Å². The second-order valence-corrected chi connectivity index (χ2v) is 8.48. The Morgan fingerprint density at radius 2 is 1.91 bits per heavy atom. The number of para-hydroxylation sites is 1. The molecule has 0 aliphatic rings. The summed E-state index contributed by atoms with van der Waals surface area (Å²) < 4.78 is 12.0.